The third-order valence-corrected chi connectivity index (χ3v) is 4.96. The molecule has 154 valence electrons. The van der Waals surface area contributed by atoms with E-state index in [0.29, 0.717) is 35.7 Å². The number of hydrogen-bond donors (Lipinski definition) is 2. The van der Waals surface area contributed by atoms with E-state index in [0.717, 1.165) is 13.1 Å². The molecule has 0 bridgehead atoms. The molecule has 0 atom stereocenters. The number of ether oxygens (including phenoxy) is 1. The number of anilines is 2. The average Bonchev–Trinajstić information content (AvgIpc) is 3.04. The first-order valence-corrected chi connectivity index (χ1v) is 9.57. The molecule has 7 nitrogen and oxygen atoms in total. The first-order valence-electron chi connectivity index (χ1n) is 9.57. The highest BCUT2D eigenvalue weighted by Gasteiger charge is 2.25. The fourth-order valence-electron chi connectivity index (χ4n) is 3.40. The topological polar surface area (TPSA) is 87.7 Å². The van der Waals surface area contributed by atoms with Crippen LogP contribution in [0, 0.1) is 5.82 Å². The van der Waals surface area contributed by atoms with Crippen LogP contribution < -0.4 is 10.6 Å². The summed E-state index contributed by atoms with van der Waals surface area (Å²) >= 11 is 0. The van der Waals surface area contributed by atoms with Gasteiger partial charge >= 0.3 is 0 Å². The van der Waals surface area contributed by atoms with E-state index in [2.05, 4.69) is 10.6 Å². The van der Waals surface area contributed by atoms with E-state index in [1.807, 2.05) is 4.90 Å². The van der Waals surface area contributed by atoms with Crippen molar-refractivity contribution in [2.24, 2.45) is 0 Å². The fraction of sp³-hybridized carbons (Fsp3) is 0.227. The van der Waals surface area contributed by atoms with Gasteiger partial charge in [0.15, 0.2) is 5.78 Å². The van der Waals surface area contributed by atoms with Gasteiger partial charge in [0.2, 0.25) is 5.91 Å². The molecule has 2 aliphatic heterocycles. The normalized spacial score (nSPS) is 17.5. The quantitative estimate of drug-likeness (QED) is 0.585. The summed E-state index contributed by atoms with van der Waals surface area (Å²) in [4.78, 5) is 38.9. The molecule has 1 fully saturated rings. The van der Waals surface area contributed by atoms with Crippen LogP contribution in [0.15, 0.2) is 48.5 Å². The molecule has 0 unspecified atom stereocenters. The zero-order chi connectivity index (χ0) is 21.1. The van der Waals surface area contributed by atoms with Crippen molar-refractivity contribution in [2.75, 3.05) is 43.5 Å². The highest BCUT2D eigenvalue weighted by Crippen LogP contribution is 2.32. The van der Waals surface area contributed by atoms with Crippen LogP contribution in [0.1, 0.15) is 15.9 Å². The number of hydrogen-bond acceptors (Lipinski definition) is 5. The number of rotatable bonds is 5. The van der Waals surface area contributed by atoms with Gasteiger partial charge in [0, 0.05) is 35.6 Å². The lowest BCUT2D eigenvalue weighted by Crippen LogP contribution is -2.41. The largest absolute Gasteiger partial charge is 0.379 e. The van der Waals surface area contributed by atoms with Crippen LogP contribution in [-0.2, 0) is 14.3 Å². The Morgan fingerprint density at radius 1 is 1.13 bits per heavy atom. The van der Waals surface area contributed by atoms with Crippen LogP contribution in [0.25, 0.3) is 5.57 Å². The minimum absolute atomic E-state index is 0.123. The molecular formula is C22H20FN3O4. The summed E-state index contributed by atoms with van der Waals surface area (Å²) in [5.74, 6) is -1.46. The van der Waals surface area contributed by atoms with Gasteiger partial charge in [-0.15, -0.1) is 0 Å². The molecule has 4 rings (SSSR count). The molecule has 2 aromatic carbocycles. The number of carbonyl (C=O) groups excluding carboxylic acids is 3. The SMILES string of the molecule is O=C(CN1CCOCC1)Nc1ccc(C(=O)/C=C2\C(=O)Nc3ccc(F)cc32)cc1. The average molecular weight is 409 g/mol. The maximum absolute atomic E-state index is 13.5. The summed E-state index contributed by atoms with van der Waals surface area (Å²) in [6.07, 6.45) is 1.20. The minimum Gasteiger partial charge on any atom is -0.379 e. The fourth-order valence-corrected chi connectivity index (χ4v) is 3.40. The summed E-state index contributed by atoms with van der Waals surface area (Å²) in [7, 11) is 0. The number of allylic oxidation sites excluding steroid dienone is 1. The Hall–Kier alpha value is -3.36. The minimum atomic E-state index is -0.485. The Labute approximate surface area is 172 Å². The molecule has 0 saturated carbocycles. The van der Waals surface area contributed by atoms with Crippen LogP contribution >= 0.6 is 0 Å². The highest BCUT2D eigenvalue weighted by molar-refractivity contribution is 6.35. The predicted molar refractivity (Wildman–Crippen MR) is 110 cm³/mol. The summed E-state index contributed by atoms with van der Waals surface area (Å²) in [6.45, 7) is 2.96. The van der Waals surface area contributed by atoms with Crippen molar-refractivity contribution in [3.05, 3.63) is 65.5 Å². The summed E-state index contributed by atoms with van der Waals surface area (Å²) in [5.41, 5.74) is 1.88. The number of carbonyl (C=O) groups is 3. The zero-order valence-corrected chi connectivity index (χ0v) is 16.1. The number of morpholine rings is 1. The Bertz CT molecular complexity index is 1030. The summed E-state index contributed by atoms with van der Waals surface area (Å²) in [5, 5.41) is 5.41. The lowest BCUT2D eigenvalue weighted by Gasteiger charge is -2.25. The Morgan fingerprint density at radius 3 is 2.60 bits per heavy atom. The Kier molecular flexibility index (Phi) is 5.69. The van der Waals surface area contributed by atoms with Crippen molar-refractivity contribution in [1.29, 1.82) is 0 Å². The van der Waals surface area contributed by atoms with Gasteiger partial charge in [-0.3, -0.25) is 19.3 Å². The van der Waals surface area contributed by atoms with Crippen molar-refractivity contribution in [2.45, 2.75) is 0 Å². The monoisotopic (exact) mass is 409 g/mol. The maximum Gasteiger partial charge on any atom is 0.256 e. The van der Waals surface area contributed by atoms with E-state index in [4.69, 9.17) is 4.74 Å². The molecule has 2 amide bonds. The van der Waals surface area contributed by atoms with Crippen LogP contribution in [0.2, 0.25) is 0 Å². The van der Waals surface area contributed by atoms with E-state index < -0.39 is 11.7 Å². The third-order valence-electron chi connectivity index (χ3n) is 4.96. The molecule has 0 radical (unpaired) electrons. The van der Waals surface area contributed by atoms with Crippen molar-refractivity contribution < 1.29 is 23.5 Å². The molecule has 0 aliphatic carbocycles. The lowest BCUT2D eigenvalue weighted by molar-refractivity contribution is -0.118. The van der Waals surface area contributed by atoms with Gasteiger partial charge in [-0.25, -0.2) is 4.39 Å². The maximum atomic E-state index is 13.5. The van der Waals surface area contributed by atoms with Crippen LogP contribution in [0.3, 0.4) is 0 Å². The van der Waals surface area contributed by atoms with Crippen LogP contribution in [-0.4, -0.2) is 55.3 Å². The van der Waals surface area contributed by atoms with Gasteiger partial charge in [-0.2, -0.15) is 0 Å². The van der Waals surface area contributed by atoms with E-state index in [-0.39, 0.29) is 23.8 Å². The van der Waals surface area contributed by atoms with E-state index in [1.54, 1.807) is 24.3 Å². The number of amides is 2. The zero-order valence-electron chi connectivity index (χ0n) is 16.1. The molecule has 2 N–H and O–H groups in total. The molecule has 30 heavy (non-hydrogen) atoms. The lowest BCUT2D eigenvalue weighted by atomic mass is 10.0. The summed E-state index contributed by atoms with van der Waals surface area (Å²) < 4.78 is 18.8. The van der Waals surface area contributed by atoms with E-state index in [1.165, 1.54) is 24.3 Å². The first-order chi connectivity index (χ1) is 14.5. The Morgan fingerprint density at radius 2 is 1.87 bits per heavy atom. The molecule has 0 spiro atoms. The van der Waals surface area contributed by atoms with Gasteiger partial charge in [0.1, 0.15) is 5.82 Å². The number of halogens is 1. The second kappa shape index (κ2) is 8.56. The molecule has 8 heteroatoms. The van der Waals surface area contributed by atoms with Gasteiger partial charge in [0.25, 0.3) is 5.91 Å². The standard InChI is InChI=1S/C22H20FN3O4/c23-15-3-6-19-17(11-15)18(22(29)25-19)12-20(27)14-1-4-16(5-2-14)24-21(28)13-26-7-9-30-10-8-26/h1-6,11-12H,7-10,13H2,(H,24,28)(H,25,29)/b18-12-. The van der Waals surface area contributed by atoms with Gasteiger partial charge in [-0.05, 0) is 48.5 Å². The number of fused-ring (bicyclic) bond motifs is 1. The Balaban J connectivity index is 1.42. The van der Waals surface area contributed by atoms with Crippen LogP contribution in [0.4, 0.5) is 15.8 Å². The number of ketones is 1. The highest BCUT2D eigenvalue weighted by atomic mass is 19.1. The van der Waals surface area contributed by atoms with Gasteiger partial charge < -0.3 is 15.4 Å². The molecule has 0 aromatic heterocycles. The first kappa shape index (κ1) is 19.9. The molecule has 2 aromatic rings. The number of nitrogens with zero attached hydrogens (tertiary/aromatic N) is 1. The third kappa shape index (κ3) is 4.45. The van der Waals surface area contributed by atoms with Gasteiger partial charge in [0.05, 0.1) is 25.3 Å². The van der Waals surface area contributed by atoms with E-state index in [9.17, 15) is 18.8 Å². The summed E-state index contributed by atoms with van der Waals surface area (Å²) in [6, 6.07) is 10.3. The predicted octanol–water partition coefficient (Wildman–Crippen LogP) is 2.31. The van der Waals surface area contributed by atoms with Crippen molar-refractivity contribution in [3.63, 3.8) is 0 Å². The van der Waals surface area contributed by atoms with Gasteiger partial charge in [-0.1, -0.05) is 0 Å². The number of benzene rings is 2. The van der Waals surface area contributed by atoms with Crippen molar-refractivity contribution in [3.8, 4) is 0 Å². The smallest absolute Gasteiger partial charge is 0.256 e. The molecule has 1 saturated heterocycles. The van der Waals surface area contributed by atoms with Crippen molar-refractivity contribution >= 4 is 34.5 Å². The van der Waals surface area contributed by atoms with E-state index >= 15 is 0 Å². The molecule has 2 heterocycles. The van der Waals surface area contributed by atoms with Crippen molar-refractivity contribution in [1.82, 2.24) is 4.90 Å². The second-order valence-electron chi connectivity index (χ2n) is 7.08. The second-order valence-corrected chi connectivity index (χ2v) is 7.08. The molecule has 2 aliphatic rings. The van der Waals surface area contributed by atoms with Crippen LogP contribution in [0.5, 0.6) is 0 Å². The number of nitrogens with one attached hydrogen (secondary N) is 2. The molecular weight excluding hydrogens is 389 g/mol.